The topological polar surface area (TPSA) is 12.5 Å². The Bertz CT molecular complexity index is 439. The van der Waals surface area contributed by atoms with Gasteiger partial charge in [-0.2, -0.15) is 13.2 Å². The van der Waals surface area contributed by atoms with Crippen LogP contribution in [0, 0.1) is 5.92 Å². The molecule has 0 bridgehead atoms. The standard InChI is InChI=1S/C14H17BrF3NO/c15-12-5-1-2-6-13(12)20-9-11-4-3-7-19(8-11)10-14(16,17)18/h1-2,5-6,11H,3-4,7-10H2/t11-/m0/s1. The van der Waals surface area contributed by atoms with Crippen molar-refractivity contribution >= 4 is 15.9 Å². The highest BCUT2D eigenvalue weighted by Crippen LogP contribution is 2.26. The molecule has 0 N–H and O–H groups in total. The number of ether oxygens (including phenoxy) is 1. The van der Waals surface area contributed by atoms with Gasteiger partial charge in [0.05, 0.1) is 17.6 Å². The van der Waals surface area contributed by atoms with Crippen molar-refractivity contribution in [2.75, 3.05) is 26.2 Å². The largest absolute Gasteiger partial charge is 0.492 e. The zero-order valence-corrected chi connectivity index (χ0v) is 12.6. The minimum absolute atomic E-state index is 0.151. The van der Waals surface area contributed by atoms with E-state index in [1.807, 2.05) is 24.3 Å². The van der Waals surface area contributed by atoms with E-state index in [1.54, 1.807) is 0 Å². The number of hydrogen-bond acceptors (Lipinski definition) is 2. The number of piperidine rings is 1. The summed E-state index contributed by atoms with van der Waals surface area (Å²) < 4.78 is 43.7. The van der Waals surface area contributed by atoms with Gasteiger partial charge in [0.2, 0.25) is 0 Å². The minimum atomic E-state index is -4.12. The molecule has 2 rings (SSSR count). The molecule has 0 aromatic heterocycles. The Labute approximate surface area is 125 Å². The molecule has 1 aromatic rings. The molecular weight excluding hydrogens is 335 g/mol. The molecule has 1 saturated heterocycles. The Morgan fingerprint density at radius 2 is 2.05 bits per heavy atom. The number of para-hydroxylation sites is 1. The first kappa shape index (κ1) is 15.6. The van der Waals surface area contributed by atoms with Gasteiger partial charge in [-0.1, -0.05) is 12.1 Å². The summed E-state index contributed by atoms with van der Waals surface area (Å²) in [6.45, 7) is 0.602. The van der Waals surface area contributed by atoms with Crippen LogP contribution in [0.15, 0.2) is 28.7 Å². The number of nitrogens with zero attached hydrogens (tertiary/aromatic N) is 1. The van der Waals surface area contributed by atoms with Crippen molar-refractivity contribution in [3.8, 4) is 5.75 Å². The lowest BCUT2D eigenvalue weighted by atomic mass is 9.99. The number of benzene rings is 1. The van der Waals surface area contributed by atoms with E-state index in [0.29, 0.717) is 19.7 Å². The van der Waals surface area contributed by atoms with Gasteiger partial charge < -0.3 is 4.74 Å². The summed E-state index contributed by atoms with van der Waals surface area (Å²) in [5.41, 5.74) is 0. The lowest BCUT2D eigenvalue weighted by Crippen LogP contribution is -2.42. The van der Waals surface area contributed by atoms with Crippen molar-refractivity contribution in [2.45, 2.75) is 19.0 Å². The zero-order chi connectivity index (χ0) is 14.6. The van der Waals surface area contributed by atoms with Gasteiger partial charge in [0.25, 0.3) is 0 Å². The Kier molecular flexibility index (Phi) is 5.32. The third-order valence-electron chi connectivity index (χ3n) is 3.32. The molecule has 6 heteroatoms. The number of rotatable bonds is 4. The molecule has 1 aliphatic rings. The molecule has 1 aromatic carbocycles. The summed E-state index contributed by atoms with van der Waals surface area (Å²) in [7, 11) is 0. The molecule has 2 nitrogen and oxygen atoms in total. The molecule has 0 unspecified atom stereocenters. The first-order valence-corrected chi connectivity index (χ1v) is 7.40. The second-order valence-corrected chi connectivity index (χ2v) is 5.95. The number of alkyl halides is 3. The Morgan fingerprint density at radius 1 is 1.30 bits per heavy atom. The molecule has 0 amide bonds. The van der Waals surface area contributed by atoms with E-state index < -0.39 is 12.7 Å². The van der Waals surface area contributed by atoms with Crippen molar-refractivity contribution in [1.29, 1.82) is 0 Å². The lowest BCUT2D eigenvalue weighted by molar-refractivity contribution is -0.149. The number of halogens is 4. The summed E-state index contributed by atoms with van der Waals surface area (Å²) >= 11 is 3.39. The Hall–Kier alpha value is -0.750. The summed E-state index contributed by atoms with van der Waals surface area (Å²) in [5.74, 6) is 0.888. The van der Waals surface area contributed by atoms with E-state index in [9.17, 15) is 13.2 Å². The predicted molar refractivity (Wildman–Crippen MR) is 74.9 cm³/mol. The van der Waals surface area contributed by atoms with Gasteiger partial charge in [-0.05, 0) is 47.4 Å². The highest BCUT2D eigenvalue weighted by atomic mass is 79.9. The van der Waals surface area contributed by atoms with Gasteiger partial charge >= 0.3 is 6.18 Å². The van der Waals surface area contributed by atoms with Crippen LogP contribution >= 0.6 is 15.9 Å². The first-order chi connectivity index (χ1) is 9.44. The average Bonchev–Trinajstić information content (AvgIpc) is 2.36. The monoisotopic (exact) mass is 351 g/mol. The van der Waals surface area contributed by atoms with Crippen LogP contribution in [0.5, 0.6) is 5.75 Å². The molecule has 1 aliphatic heterocycles. The van der Waals surface area contributed by atoms with Crippen molar-refractivity contribution in [2.24, 2.45) is 5.92 Å². The van der Waals surface area contributed by atoms with E-state index >= 15 is 0 Å². The SMILES string of the molecule is FC(F)(F)CN1CCC[C@H](COc2ccccc2Br)C1. The molecule has 112 valence electrons. The van der Waals surface area contributed by atoms with Crippen molar-refractivity contribution < 1.29 is 17.9 Å². The maximum Gasteiger partial charge on any atom is 0.401 e. The lowest BCUT2D eigenvalue weighted by Gasteiger charge is -2.33. The fourth-order valence-corrected chi connectivity index (χ4v) is 2.85. The Morgan fingerprint density at radius 3 is 2.75 bits per heavy atom. The van der Waals surface area contributed by atoms with Crippen LogP contribution in [0.1, 0.15) is 12.8 Å². The fraction of sp³-hybridized carbons (Fsp3) is 0.571. The normalized spacial score (nSPS) is 20.9. The van der Waals surface area contributed by atoms with Gasteiger partial charge in [0.15, 0.2) is 0 Å². The quantitative estimate of drug-likeness (QED) is 0.809. The molecular formula is C14H17BrF3NO. The molecule has 0 aliphatic carbocycles. The van der Waals surface area contributed by atoms with Gasteiger partial charge in [-0.3, -0.25) is 4.90 Å². The fourth-order valence-electron chi connectivity index (χ4n) is 2.45. The van der Waals surface area contributed by atoms with Crippen molar-refractivity contribution in [1.82, 2.24) is 4.90 Å². The number of likely N-dealkylation sites (tertiary alicyclic amines) is 1. The zero-order valence-electron chi connectivity index (χ0n) is 11.0. The van der Waals surface area contributed by atoms with Crippen molar-refractivity contribution in [3.63, 3.8) is 0 Å². The van der Waals surface area contributed by atoms with Crippen LogP contribution in [0.25, 0.3) is 0 Å². The van der Waals surface area contributed by atoms with E-state index in [0.717, 1.165) is 23.1 Å². The van der Waals surface area contributed by atoms with Crippen LogP contribution in [0.4, 0.5) is 13.2 Å². The number of hydrogen-bond donors (Lipinski definition) is 0. The molecule has 1 atom stereocenters. The predicted octanol–water partition coefficient (Wildman–Crippen LogP) is 4.10. The van der Waals surface area contributed by atoms with Crippen LogP contribution < -0.4 is 4.74 Å². The van der Waals surface area contributed by atoms with E-state index in [1.165, 1.54) is 4.90 Å². The maximum atomic E-state index is 12.4. The van der Waals surface area contributed by atoms with Gasteiger partial charge in [-0.15, -0.1) is 0 Å². The van der Waals surface area contributed by atoms with E-state index in [4.69, 9.17) is 4.74 Å². The van der Waals surface area contributed by atoms with Gasteiger partial charge in [0, 0.05) is 12.5 Å². The second-order valence-electron chi connectivity index (χ2n) is 5.10. The molecule has 1 heterocycles. The van der Waals surface area contributed by atoms with E-state index in [2.05, 4.69) is 15.9 Å². The van der Waals surface area contributed by atoms with Gasteiger partial charge in [-0.25, -0.2) is 0 Å². The molecule has 0 saturated carbocycles. The van der Waals surface area contributed by atoms with Crippen LogP contribution in [0.2, 0.25) is 0 Å². The highest BCUT2D eigenvalue weighted by molar-refractivity contribution is 9.10. The Balaban J connectivity index is 1.83. The van der Waals surface area contributed by atoms with Gasteiger partial charge in [0.1, 0.15) is 5.75 Å². The summed E-state index contributed by atoms with van der Waals surface area (Å²) in [4.78, 5) is 1.47. The summed E-state index contributed by atoms with van der Waals surface area (Å²) in [5, 5.41) is 0. The third-order valence-corrected chi connectivity index (χ3v) is 3.97. The average molecular weight is 352 g/mol. The van der Waals surface area contributed by atoms with Crippen molar-refractivity contribution in [3.05, 3.63) is 28.7 Å². The smallest absolute Gasteiger partial charge is 0.401 e. The summed E-state index contributed by atoms with van der Waals surface area (Å²) in [6, 6.07) is 7.49. The third kappa shape index (κ3) is 4.98. The molecule has 1 fully saturated rings. The van der Waals surface area contributed by atoms with Crippen LogP contribution in [-0.4, -0.2) is 37.3 Å². The molecule has 0 radical (unpaired) electrons. The van der Waals surface area contributed by atoms with Crippen LogP contribution in [0.3, 0.4) is 0 Å². The molecule has 20 heavy (non-hydrogen) atoms. The molecule has 0 spiro atoms. The maximum absolute atomic E-state index is 12.4. The highest BCUT2D eigenvalue weighted by Gasteiger charge is 2.33. The van der Waals surface area contributed by atoms with Crippen LogP contribution in [-0.2, 0) is 0 Å². The minimum Gasteiger partial charge on any atom is -0.492 e. The summed E-state index contributed by atoms with van der Waals surface area (Å²) in [6.07, 6.45) is -2.41. The second kappa shape index (κ2) is 6.80. The first-order valence-electron chi connectivity index (χ1n) is 6.60. The van der Waals surface area contributed by atoms with E-state index in [-0.39, 0.29) is 5.92 Å².